The van der Waals surface area contributed by atoms with Crippen LogP contribution in [0, 0.1) is 0 Å². The van der Waals surface area contributed by atoms with Gasteiger partial charge >= 0.3 is 0 Å². The summed E-state index contributed by atoms with van der Waals surface area (Å²) >= 11 is 1.90. The van der Waals surface area contributed by atoms with Gasteiger partial charge in [0.1, 0.15) is 0 Å². The van der Waals surface area contributed by atoms with Gasteiger partial charge in [-0.05, 0) is 109 Å². The molecule has 1 nitrogen and oxygen atoms in total. The summed E-state index contributed by atoms with van der Waals surface area (Å²) in [6.07, 6.45) is 0. The van der Waals surface area contributed by atoms with Crippen molar-refractivity contribution in [3.05, 3.63) is 247 Å². The van der Waals surface area contributed by atoms with Crippen LogP contribution in [0.15, 0.2) is 224 Å². The van der Waals surface area contributed by atoms with E-state index in [-0.39, 0.29) is 0 Å². The molecule has 2 aliphatic rings. The molecule has 0 atom stereocenters. The second kappa shape index (κ2) is 13.2. The van der Waals surface area contributed by atoms with Crippen LogP contribution >= 0.6 is 11.3 Å². The summed E-state index contributed by atoms with van der Waals surface area (Å²) in [6.45, 7) is 0. The molecular formula is C59H37NS. The maximum Gasteiger partial charge on any atom is 0.0726 e. The third kappa shape index (κ3) is 4.94. The van der Waals surface area contributed by atoms with Crippen LogP contribution in [0.5, 0.6) is 0 Å². The first kappa shape index (κ1) is 34.4. The molecule has 0 bridgehead atoms. The van der Waals surface area contributed by atoms with Gasteiger partial charge in [-0.2, -0.15) is 0 Å². The van der Waals surface area contributed by atoms with E-state index in [4.69, 9.17) is 0 Å². The van der Waals surface area contributed by atoms with Crippen molar-refractivity contribution in [2.75, 3.05) is 4.90 Å². The Kier molecular flexibility index (Phi) is 7.46. The topological polar surface area (TPSA) is 3.24 Å². The summed E-state index contributed by atoms with van der Waals surface area (Å²) < 4.78 is 2.62. The minimum atomic E-state index is -0.448. The van der Waals surface area contributed by atoms with E-state index in [9.17, 15) is 0 Å². The van der Waals surface area contributed by atoms with Crippen LogP contribution in [0.25, 0.3) is 75.5 Å². The Balaban J connectivity index is 1.11. The first-order chi connectivity index (χ1) is 30.3. The Morgan fingerprint density at radius 1 is 0.311 bits per heavy atom. The van der Waals surface area contributed by atoms with E-state index >= 15 is 0 Å². The van der Waals surface area contributed by atoms with Crippen LogP contribution in [-0.4, -0.2) is 0 Å². The van der Waals surface area contributed by atoms with Crippen LogP contribution in [0.2, 0.25) is 0 Å². The number of thiophene rings is 1. The van der Waals surface area contributed by atoms with Crippen molar-refractivity contribution in [1.29, 1.82) is 0 Å². The van der Waals surface area contributed by atoms with Gasteiger partial charge in [0.15, 0.2) is 0 Å². The van der Waals surface area contributed by atoms with Gasteiger partial charge in [-0.3, -0.25) is 0 Å². The molecule has 0 amide bonds. The molecule has 0 fully saturated rings. The fourth-order valence-electron chi connectivity index (χ4n) is 10.7. The van der Waals surface area contributed by atoms with Crippen LogP contribution < -0.4 is 4.90 Å². The highest BCUT2D eigenvalue weighted by Gasteiger charge is 2.51. The van der Waals surface area contributed by atoms with Crippen molar-refractivity contribution in [3.8, 4) is 44.5 Å². The first-order valence-electron chi connectivity index (χ1n) is 21.1. The van der Waals surface area contributed by atoms with Crippen molar-refractivity contribution < 1.29 is 0 Å². The third-order valence-corrected chi connectivity index (χ3v) is 14.5. The van der Waals surface area contributed by atoms with Gasteiger partial charge in [0.05, 0.1) is 11.1 Å². The minimum Gasteiger partial charge on any atom is -0.310 e. The predicted octanol–water partition coefficient (Wildman–Crippen LogP) is 16.4. The molecule has 0 unspecified atom stereocenters. The third-order valence-electron chi connectivity index (χ3n) is 13.3. The number of hydrogen-bond acceptors (Lipinski definition) is 2. The maximum absolute atomic E-state index is 2.53. The normalized spacial score (nSPS) is 13.0. The molecule has 13 rings (SSSR count). The zero-order chi connectivity index (χ0) is 40.1. The Morgan fingerprint density at radius 2 is 0.836 bits per heavy atom. The summed E-state index contributed by atoms with van der Waals surface area (Å²) in [5.74, 6) is 0. The van der Waals surface area contributed by atoms with E-state index in [2.05, 4.69) is 229 Å². The summed E-state index contributed by atoms with van der Waals surface area (Å²) in [4.78, 5) is 2.53. The molecule has 1 aromatic heterocycles. The summed E-state index contributed by atoms with van der Waals surface area (Å²) in [5, 5.41) is 5.06. The van der Waals surface area contributed by atoms with Crippen molar-refractivity contribution in [2.45, 2.75) is 5.41 Å². The van der Waals surface area contributed by atoms with Crippen LogP contribution in [0.4, 0.5) is 17.1 Å². The zero-order valence-corrected chi connectivity index (χ0v) is 34.0. The van der Waals surface area contributed by atoms with Crippen molar-refractivity contribution in [1.82, 2.24) is 0 Å². The SMILES string of the molecule is c1ccc(-c2cccc(N(c3ccc4c(c3)C3(c5ccccc5-c5ccccc53)c3ccccc3-4)c3cc4c5cc(-c6ccccc6)ccc5sc4c4ccccc34)c2)cc1. The van der Waals surface area contributed by atoms with Gasteiger partial charge in [-0.1, -0.05) is 182 Å². The monoisotopic (exact) mass is 791 g/mol. The smallest absolute Gasteiger partial charge is 0.0726 e. The molecule has 1 heterocycles. The number of fused-ring (bicyclic) bond motifs is 15. The molecule has 0 saturated heterocycles. The van der Waals surface area contributed by atoms with Crippen LogP contribution in [-0.2, 0) is 5.41 Å². The maximum atomic E-state index is 2.53. The highest BCUT2D eigenvalue weighted by atomic mass is 32.1. The lowest BCUT2D eigenvalue weighted by Crippen LogP contribution is -2.26. The summed E-state index contributed by atoms with van der Waals surface area (Å²) in [5.41, 5.74) is 18.4. The molecule has 61 heavy (non-hydrogen) atoms. The molecular weight excluding hydrogens is 755 g/mol. The van der Waals surface area contributed by atoms with E-state index in [0.717, 1.165) is 17.1 Å². The Hall–Kier alpha value is -7.52. The van der Waals surface area contributed by atoms with Crippen molar-refractivity contribution >= 4 is 59.3 Å². The minimum absolute atomic E-state index is 0.448. The number of anilines is 3. The fourth-order valence-corrected chi connectivity index (χ4v) is 11.9. The molecule has 284 valence electrons. The number of benzene rings is 10. The van der Waals surface area contributed by atoms with Crippen LogP contribution in [0.1, 0.15) is 22.3 Å². The van der Waals surface area contributed by atoms with E-state index in [1.54, 1.807) is 0 Å². The van der Waals surface area contributed by atoms with Gasteiger partial charge in [0, 0.05) is 42.3 Å². The molecule has 2 heteroatoms. The fraction of sp³-hybridized carbons (Fsp3) is 0.0169. The van der Waals surface area contributed by atoms with Gasteiger partial charge in [0.25, 0.3) is 0 Å². The number of hydrogen-bond donors (Lipinski definition) is 0. The average molecular weight is 792 g/mol. The zero-order valence-electron chi connectivity index (χ0n) is 33.2. The van der Waals surface area contributed by atoms with E-state index in [1.807, 2.05) is 11.3 Å². The Morgan fingerprint density at radius 3 is 1.49 bits per heavy atom. The predicted molar refractivity (Wildman–Crippen MR) is 259 cm³/mol. The molecule has 0 aliphatic heterocycles. The molecule has 0 N–H and O–H groups in total. The lowest BCUT2D eigenvalue weighted by Gasteiger charge is -2.32. The second-order valence-electron chi connectivity index (χ2n) is 16.4. The van der Waals surface area contributed by atoms with Gasteiger partial charge in [-0.15, -0.1) is 11.3 Å². The largest absolute Gasteiger partial charge is 0.310 e. The number of rotatable bonds is 5. The summed E-state index contributed by atoms with van der Waals surface area (Å²) in [7, 11) is 0. The van der Waals surface area contributed by atoms with Gasteiger partial charge < -0.3 is 4.90 Å². The Labute approximate surface area is 359 Å². The standard InChI is InChI=1S/C59H37NS/c1-3-16-38(17-4-1)40-20-15-21-42(34-40)60(56-37-51-50-35-41(39-18-5-2-6-19-39)30-33-57(50)61-58(51)49-26-8-7-25-48(49)56)43-31-32-47-46-24-11-14-29-54(46)59(55(47)36-43)52-27-12-9-22-44(52)45-23-10-13-28-53(45)59/h1-37H. The summed E-state index contributed by atoms with van der Waals surface area (Å²) in [6, 6.07) is 83.6. The van der Waals surface area contributed by atoms with E-state index in [1.165, 1.54) is 97.7 Å². The van der Waals surface area contributed by atoms with Crippen LogP contribution in [0.3, 0.4) is 0 Å². The first-order valence-corrected chi connectivity index (χ1v) is 21.9. The molecule has 1 spiro atoms. The van der Waals surface area contributed by atoms with E-state index in [0.29, 0.717) is 0 Å². The van der Waals surface area contributed by atoms with Crippen molar-refractivity contribution in [3.63, 3.8) is 0 Å². The molecule has 0 radical (unpaired) electrons. The highest BCUT2D eigenvalue weighted by Crippen LogP contribution is 2.63. The van der Waals surface area contributed by atoms with Crippen molar-refractivity contribution in [2.24, 2.45) is 0 Å². The molecule has 2 aliphatic carbocycles. The lowest BCUT2D eigenvalue weighted by atomic mass is 9.70. The quantitative estimate of drug-likeness (QED) is 0.168. The average Bonchev–Trinajstić information content (AvgIpc) is 3.96. The molecule has 0 saturated carbocycles. The van der Waals surface area contributed by atoms with E-state index < -0.39 is 5.41 Å². The Bertz CT molecular complexity index is 3480. The molecule has 10 aromatic carbocycles. The van der Waals surface area contributed by atoms with Gasteiger partial charge in [-0.25, -0.2) is 0 Å². The molecule has 11 aromatic rings. The number of nitrogens with zero attached hydrogens (tertiary/aromatic N) is 1. The van der Waals surface area contributed by atoms with Gasteiger partial charge in [0.2, 0.25) is 0 Å². The lowest BCUT2D eigenvalue weighted by molar-refractivity contribution is 0.793. The highest BCUT2D eigenvalue weighted by molar-refractivity contribution is 7.26. The second-order valence-corrected chi connectivity index (χ2v) is 17.4.